The zero-order valence-corrected chi connectivity index (χ0v) is 13.7. The van der Waals surface area contributed by atoms with E-state index in [2.05, 4.69) is 12.2 Å². The first-order chi connectivity index (χ1) is 10.1. The first-order valence-corrected chi connectivity index (χ1v) is 9.29. The number of hydrogen-bond acceptors (Lipinski definition) is 4. The van der Waals surface area contributed by atoms with Crippen molar-refractivity contribution >= 4 is 9.84 Å². The fourth-order valence-electron chi connectivity index (χ4n) is 2.82. The van der Waals surface area contributed by atoms with Gasteiger partial charge in [0.2, 0.25) is 0 Å². The maximum absolute atomic E-state index is 12.6. The minimum absolute atomic E-state index is 0.0830. The molecule has 4 nitrogen and oxygen atoms in total. The summed E-state index contributed by atoms with van der Waals surface area (Å²) in [6, 6.07) is 5.43. The second-order valence-electron chi connectivity index (χ2n) is 5.67. The first kappa shape index (κ1) is 16.5. The van der Waals surface area contributed by atoms with E-state index in [0.29, 0.717) is 11.5 Å². The van der Waals surface area contributed by atoms with Gasteiger partial charge in [-0.1, -0.05) is 13.0 Å². The highest BCUT2D eigenvalue weighted by Crippen LogP contribution is 2.25. The predicted octanol–water partition coefficient (Wildman–Crippen LogP) is 1.96. The topological polar surface area (TPSA) is 55.4 Å². The lowest BCUT2D eigenvalue weighted by atomic mass is 10.1. The van der Waals surface area contributed by atoms with Crippen LogP contribution >= 0.6 is 0 Å². The molecule has 0 fully saturated rings. The van der Waals surface area contributed by atoms with Crippen molar-refractivity contribution in [1.29, 1.82) is 0 Å². The number of aryl methyl sites for hydroxylation is 2. The number of benzene rings is 1. The van der Waals surface area contributed by atoms with Gasteiger partial charge in [-0.25, -0.2) is 8.42 Å². The molecule has 1 aliphatic rings. The smallest absolute Gasteiger partial charge is 0.180 e. The summed E-state index contributed by atoms with van der Waals surface area (Å²) in [5.41, 5.74) is 2.49. The van der Waals surface area contributed by atoms with Crippen LogP contribution in [0.4, 0.5) is 0 Å². The summed E-state index contributed by atoms with van der Waals surface area (Å²) >= 11 is 0. The number of nitrogens with one attached hydrogen (secondary N) is 1. The summed E-state index contributed by atoms with van der Waals surface area (Å²) in [6.07, 6.45) is 4.16. The molecule has 0 aromatic heterocycles. The van der Waals surface area contributed by atoms with Crippen LogP contribution in [0.5, 0.6) is 0 Å². The number of fused-ring (bicyclic) bond motifs is 1. The Morgan fingerprint density at radius 2 is 2.05 bits per heavy atom. The van der Waals surface area contributed by atoms with Crippen molar-refractivity contribution in [2.75, 3.05) is 26.0 Å². The summed E-state index contributed by atoms with van der Waals surface area (Å²) in [7, 11) is -1.68. The number of ether oxygens (including phenoxy) is 1. The summed E-state index contributed by atoms with van der Waals surface area (Å²) in [5, 5.41) is 3.24. The molecule has 1 aliphatic carbocycles. The summed E-state index contributed by atoms with van der Waals surface area (Å²) in [5.74, 6) is 0.0830. The highest BCUT2D eigenvalue weighted by Gasteiger charge is 2.22. The van der Waals surface area contributed by atoms with Crippen molar-refractivity contribution in [2.24, 2.45) is 0 Å². The van der Waals surface area contributed by atoms with E-state index in [-0.39, 0.29) is 11.8 Å². The summed E-state index contributed by atoms with van der Waals surface area (Å²) in [4.78, 5) is 0.447. The van der Waals surface area contributed by atoms with Crippen LogP contribution in [-0.2, 0) is 27.4 Å². The standard InChI is InChI=1S/C16H25NO3S/c1-3-9-17-15(11-20-2)12-21(18,19)16-8-7-13-5-4-6-14(13)10-16/h7-8,10,15,17H,3-6,9,11-12H2,1-2H3. The molecule has 1 atom stereocenters. The number of sulfone groups is 1. The fourth-order valence-corrected chi connectivity index (χ4v) is 4.35. The van der Waals surface area contributed by atoms with E-state index in [1.807, 2.05) is 12.1 Å². The molecular formula is C16H25NO3S. The molecule has 1 aromatic rings. The van der Waals surface area contributed by atoms with Gasteiger partial charge in [0.1, 0.15) is 0 Å². The molecule has 0 heterocycles. The van der Waals surface area contributed by atoms with Crippen LogP contribution in [0.2, 0.25) is 0 Å². The molecule has 1 aromatic carbocycles. The van der Waals surface area contributed by atoms with Crippen molar-refractivity contribution in [2.45, 2.75) is 43.5 Å². The number of methoxy groups -OCH3 is 1. The van der Waals surface area contributed by atoms with Gasteiger partial charge in [-0.2, -0.15) is 0 Å². The Labute approximate surface area is 127 Å². The third-order valence-corrected chi connectivity index (χ3v) is 5.71. The monoisotopic (exact) mass is 311 g/mol. The summed E-state index contributed by atoms with van der Waals surface area (Å²) < 4.78 is 30.3. The Balaban J connectivity index is 2.12. The van der Waals surface area contributed by atoms with Gasteiger partial charge in [-0.05, 0) is 55.5 Å². The molecule has 0 saturated heterocycles. The molecule has 21 heavy (non-hydrogen) atoms. The average molecular weight is 311 g/mol. The molecule has 0 aliphatic heterocycles. The van der Waals surface area contributed by atoms with Gasteiger partial charge in [0.15, 0.2) is 9.84 Å². The SMILES string of the molecule is CCCNC(COC)CS(=O)(=O)c1ccc2c(c1)CCC2. The maximum atomic E-state index is 12.6. The van der Waals surface area contributed by atoms with Crippen molar-refractivity contribution in [3.63, 3.8) is 0 Å². The molecule has 0 spiro atoms. The van der Waals surface area contributed by atoms with Crippen LogP contribution < -0.4 is 5.32 Å². The third-order valence-electron chi connectivity index (χ3n) is 3.90. The third kappa shape index (κ3) is 4.28. The average Bonchev–Trinajstić information content (AvgIpc) is 2.92. The van der Waals surface area contributed by atoms with Gasteiger partial charge in [-0.3, -0.25) is 0 Å². The normalized spacial score (nSPS) is 15.9. The van der Waals surface area contributed by atoms with E-state index in [1.165, 1.54) is 11.1 Å². The second kappa shape index (κ2) is 7.38. The van der Waals surface area contributed by atoms with Crippen LogP contribution in [0.25, 0.3) is 0 Å². The molecular weight excluding hydrogens is 286 g/mol. The molecule has 5 heteroatoms. The van der Waals surface area contributed by atoms with E-state index in [9.17, 15) is 8.42 Å². The molecule has 0 radical (unpaired) electrons. The molecule has 1 N–H and O–H groups in total. The number of rotatable bonds is 8. The van der Waals surface area contributed by atoms with Crippen LogP contribution in [0.15, 0.2) is 23.1 Å². The molecule has 118 valence electrons. The van der Waals surface area contributed by atoms with E-state index < -0.39 is 9.84 Å². The zero-order valence-electron chi connectivity index (χ0n) is 12.9. The molecule has 0 bridgehead atoms. The van der Waals surface area contributed by atoms with Gasteiger partial charge >= 0.3 is 0 Å². The highest BCUT2D eigenvalue weighted by molar-refractivity contribution is 7.91. The Kier molecular flexibility index (Phi) is 5.79. The maximum Gasteiger partial charge on any atom is 0.180 e. The van der Waals surface area contributed by atoms with Gasteiger partial charge in [0.25, 0.3) is 0 Å². The summed E-state index contributed by atoms with van der Waals surface area (Å²) in [6.45, 7) is 3.27. The first-order valence-electron chi connectivity index (χ1n) is 7.63. The van der Waals surface area contributed by atoms with Gasteiger partial charge in [0, 0.05) is 13.2 Å². The Morgan fingerprint density at radius 3 is 2.76 bits per heavy atom. The van der Waals surface area contributed by atoms with Crippen LogP contribution in [-0.4, -0.2) is 40.5 Å². The predicted molar refractivity (Wildman–Crippen MR) is 84.5 cm³/mol. The molecule has 0 saturated carbocycles. The lowest BCUT2D eigenvalue weighted by Gasteiger charge is -2.18. The lowest BCUT2D eigenvalue weighted by molar-refractivity contribution is 0.173. The van der Waals surface area contributed by atoms with Crippen LogP contribution in [0.1, 0.15) is 30.9 Å². The van der Waals surface area contributed by atoms with Gasteiger partial charge in [0.05, 0.1) is 17.3 Å². The van der Waals surface area contributed by atoms with E-state index >= 15 is 0 Å². The van der Waals surface area contributed by atoms with Crippen LogP contribution in [0, 0.1) is 0 Å². The van der Waals surface area contributed by atoms with Crippen molar-refractivity contribution < 1.29 is 13.2 Å². The molecule has 2 rings (SSSR count). The lowest BCUT2D eigenvalue weighted by Crippen LogP contribution is -2.39. The Bertz CT molecular complexity index is 569. The minimum Gasteiger partial charge on any atom is -0.383 e. The second-order valence-corrected chi connectivity index (χ2v) is 7.71. The largest absolute Gasteiger partial charge is 0.383 e. The molecule has 0 amide bonds. The van der Waals surface area contributed by atoms with Gasteiger partial charge in [-0.15, -0.1) is 0 Å². The van der Waals surface area contributed by atoms with Crippen molar-refractivity contribution in [1.82, 2.24) is 5.32 Å². The Hall–Kier alpha value is -0.910. The minimum atomic E-state index is -3.28. The van der Waals surface area contributed by atoms with E-state index in [1.54, 1.807) is 13.2 Å². The van der Waals surface area contributed by atoms with Gasteiger partial charge < -0.3 is 10.1 Å². The molecule has 1 unspecified atom stereocenters. The van der Waals surface area contributed by atoms with Crippen LogP contribution in [0.3, 0.4) is 0 Å². The van der Waals surface area contributed by atoms with Crippen molar-refractivity contribution in [3.05, 3.63) is 29.3 Å². The highest BCUT2D eigenvalue weighted by atomic mass is 32.2. The van der Waals surface area contributed by atoms with E-state index in [0.717, 1.165) is 32.2 Å². The number of hydrogen-bond donors (Lipinski definition) is 1. The zero-order chi connectivity index (χ0) is 15.3. The van der Waals surface area contributed by atoms with E-state index in [4.69, 9.17) is 4.74 Å². The Morgan fingerprint density at radius 1 is 1.29 bits per heavy atom. The fraction of sp³-hybridized carbons (Fsp3) is 0.625. The quantitative estimate of drug-likeness (QED) is 0.797. The van der Waals surface area contributed by atoms with Crippen molar-refractivity contribution in [3.8, 4) is 0 Å².